The van der Waals surface area contributed by atoms with Crippen LogP contribution in [0.4, 0.5) is 5.69 Å². The molecule has 0 radical (unpaired) electrons. The van der Waals surface area contributed by atoms with Gasteiger partial charge in [-0.05, 0) is 32.0 Å². The molecule has 34 heavy (non-hydrogen) atoms. The van der Waals surface area contributed by atoms with Gasteiger partial charge in [-0.25, -0.2) is 0 Å². The van der Waals surface area contributed by atoms with Crippen LogP contribution in [-0.4, -0.2) is 41.6 Å². The highest BCUT2D eigenvalue weighted by atomic mass is 35.5. The van der Waals surface area contributed by atoms with Crippen LogP contribution in [-0.2, 0) is 6.54 Å². The largest absolute Gasteiger partial charge is 0.366 e. The van der Waals surface area contributed by atoms with Gasteiger partial charge in [0.1, 0.15) is 11.6 Å². The van der Waals surface area contributed by atoms with Crippen molar-refractivity contribution in [2.75, 3.05) is 31.1 Å². The molecule has 0 saturated carbocycles. The number of amides is 1. The molecule has 2 heterocycles. The highest BCUT2D eigenvalue weighted by Crippen LogP contribution is 2.24. The van der Waals surface area contributed by atoms with Crippen molar-refractivity contribution in [2.45, 2.75) is 26.8 Å². The third-order valence-electron chi connectivity index (χ3n) is 5.91. The summed E-state index contributed by atoms with van der Waals surface area (Å²) >= 11 is 18.1. The minimum atomic E-state index is -0.374. The molecule has 0 unspecified atom stereocenters. The van der Waals surface area contributed by atoms with E-state index in [0.717, 1.165) is 10.8 Å². The number of allylic oxidation sites excluding steroid dienone is 1. The van der Waals surface area contributed by atoms with Crippen molar-refractivity contribution >= 4 is 58.5 Å². The summed E-state index contributed by atoms with van der Waals surface area (Å²) < 4.78 is 1.50. The minimum Gasteiger partial charge on any atom is -0.366 e. The van der Waals surface area contributed by atoms with Gasteiger partial charge in [0.2, 0.25) is 0 Å². The van der Waals surface area contributed by atoms with Crippen molar-refractivity contribution in [3.63, 3.8) is 0 Å². The van der Waals surface area contributed by atoms with Crippen LogP contribution in [0.25, 0.3) is 12.2 Å². The van der Waals surface area contributed by atoms with Crippen LogP contribution in [0.2, 0.25) is 10.0 Å². The SMILES string of the molecule is C=C(Cl)C/C(C)=c1/c(N2CCN(C(=O)c3ccc(Cl)c(Cl)c3)CC2)c(C#N)c(=O)n(CC)c1=C. The fourth-order valence-electron chi connectivity index (χ4n) is 4.28. The van der Waals surface area contributed by atoms with Gasteiger partial charge in [-0.15, -0.1) is 0 Å². The number of nitrogens with zero attached hydrogens (tertiary/aromatic N) is 4. The van der Waals surface area contributed by atoms with Crippen LogP contribution < -0.4 is 21.0 Å². The molecule has 1 amide bonds. The van der Waals surface area contributed by atoms with E-state index >= 15 is 0 Å². The predicted octanol–water partition coefficient (Wildman–Crippen LogP) is 3.73. The van der Waals surface area contributed by atoms with Crippen molar-refractivity contribution in [3.8, 4) is 6.07 Å². The Bertz CT molecular complexity index is 1370. The number of benzene rings is 1. The van der Waals surface area contributed by atoms with Crippen LogP contribution in [0.5, 0.6) is 0 Å². The Labute approximate surface area is 213 Å². The number of piperazine rings is 1. The molecule has 1 aromatic heterocycles. The highest BCUT2D eigenvalue weighted by Gasteiger charge is 2.27. The van der Waals surface area contributed by atoms with E-state index in [4.69, 9.17) is 34.8 Å². The van der Waals surface area contributed by atoms with E-state index in [0.29, 0.717) is 70.8 Å². The molecule has 1 fully saturated rings. The smallest absolute Gasteiger partial charge is 0.271 e. The lowest BCUT2D eigenvalue weighted by atomic mass is 10.0. The molecule has 6 nitrogen and oxygen atoms in total. The zero-order valence-corrected chi connectivity index (χ0v) is 21.4. The van der Waals surface area contributed by atoms with Gasteiger partial charge in [0.15, 0.2) is 0 Å². The summed E-state index contributed by atoms with van der Waals surface area (Å²) in [6.07, 6.45) is 0.402. The zero-order chi connectivity index (χ0) is 25.2. The maximum Gasteiger partial charge on any atom is 0.271 e. The Morgan fingerprint density at radius 1 is 1.18 bits per heavy atom. The minimum absolute atomic E-state index is 0.0630. The number of pyridine rings is 1. The Balaban J connectivity index is 2.03. The highest BCUT2D eigenvalue weighted by molar-refractivity contribution is 6.42. The summed E-state index contributed by atoms with van der Waals surface area (Å²) in [5, 5.41) is 12.3. The van der Waals surface area contributed by atoms with Crippen molar-refractivity contribution < 1.29 is 4.79 Å². The molecule has 0 aliphatic carbocycles. The van der Waals surface area contributed by atoms with Crippen LogP contribution >= 0.6 is 34.8 Å². The first-order chi connectivity index (χ1) is 16.1. The van der Waals surface area contributed by atoms with Crippen LogP contribution in [0.3, 0.4) is 0 Å². The van der Waals surface area contributed by atoms with E-state index < -0.39 is 0 Å². The van der Waals surface area contributed by atoms with Crippen molar-refractivity contribution in [1.29, 1.82) is 5.26 Å². The summed E-state index contributed by atoms with van der Waals surface area (Å²) in [5.41, 5.74) is 1.55. The lowest BCUT2D eigenvalue weighted by molar-refractivity contribution is 0.0746. The number of aromatic nitrogens is 1. The standard InChI is InChI=1S/C25H25Cl3N4O2/c1-5-32-17(4)22(15(2)12-16(3)26)23(19(14-29)25(32)34)30-8-10-31(11-9-30)24(33)18-6-7-20(27)21(28)13-18/h6-7,13H,3-5,8-12H2,1-2H3/b22-15+. The molecule has 178 valence electrons. The lowest BCUT2D eigenvalue weighted by Crippen LogP contribution is -2.54. The molecule has 1 aliphatic heterocycles. The van der Waals surface area contributed by atoms with Gasteiger partial charge in [-0.1, -0.05) is 53.5 Å². The summed E-state index contributed by atoms with van der Waals surface area (Å²) in [7, 11) is 0. The van der Waals surface area contributed by atoms with Crippen molar-refractivity contribution in [3.05, 3.63) is 71.9 Å². The van der Waals surface area contributed by atoms with E-state index in [1.54, 1.807) is 23.1 Å². The van der Waals surface area contributed by atoms with Gasteiger partial charge in [0.25, 0.3) is 11.5 Å². The van der Waals surface area contributed by atoms with Gasteiger partial charge >= 0.3 is 0 Å². The fourth-order valence-corrected chi connectivity index (χ4v) is 4.77. The first-order valence-corrected chi connectivity index (χ1v) is 11.9. The van der Waals surface area contributed by atoms with E-state index in [2.05, 4.69) is 19.2 Å². The zero-order valence-electron chi connectivity index (χ0n) is 19.1. The topological polar surface area (TPSA) is 69.3 Å². The molecule has 0 spiro atoms. The fraction of sp³-hybridized carbons (Fsp3) is 0.320. The first kappa shape index (κ1) is 25.9. The summed E-state index contributed by atoms with van der Waals surface area (Å²) in [4.78, 5) is 29.7. The van der Waals surface area contributed by atoms with Gasteiger partial charge < -0.3 is 14.4 Å². The predicted molar refractivity (Wildman–Crippen MR) is 139 cm³/mol. The van der Waals surface area contributed by atoms with E-state index in [9.17, 15) is 14.9 Å². The van der Waals surface area contributed by atoms with Gasteiger partial charge in [-0.2, -0.15) is 5.26 Å². The van der Waals surface area contributed by atoms with Crippen LogP contribution in [0.15, 0.2) is 34.6 Å². The lowest BCUT2D eigenvalue weighted by Gasteiger charge is -2.37. The molecular formula is C25H25Cl3N4O2. The van der Waals surface area contributed by atoms with Gasteiger partial charge in [-0.3, -0.25) is 9.59 Å². The number of carbonyl (C=O) groups is 1. The number of hydrogen-bond donors (Lipinski definition) is 0. The molecule has 9 heteroatoms. The summed E-state index contributed by atoms with van der Waals surface area (Å²) in [6.45, 7) is 13.8. The number of rotatable bonds is 5. The molecule has 0 atom stereocenters. The second kappa shape index (κ2) is 10.7. The number of carbonyl (C=O) groups excluding carboxylic acids is 1. The maximum absolute atomic E-state index is 13.1. The Kier molecular flexibility index (Phi) is 8.14. The Morgan fingerprint density at radius 3 is 2.35 bits per heavy atom. The molecule has 1 aliphatic rings. The number of nitriles is 1. The van der Waals surface area contributed by atoms with Crippen molar-refractivity contribution in [2.24, 2.45) is 0 Å². The third kappa shape index (κ3) is 5.02. The maximum atomic E-state index is 13.1. The quantitative estimate of drug-likeness (QED) is 0.604. The summed E-state index contributed by atoms with van der Waals surface area (Å²) in [6, 6.07) is 6.90. The monoisotopic (exact) mass is 518 g/mol. The molecule has 0 bridgehead atoms. The average molecular weight is 520 g/mol. The molecule has 1 saturated heterocycles. The third-order valence-corrected chi connectivity index (χ3v) is 6.78. The van der Waals surface area contributed by atoms with E-state index in [-0.39, 0.29) is 17.0 Å². The molecule has 3 rings (SSSR count). The van der Waals surface area contributed by atoms with Crippen LogP contribution in [0, 0.1) is 11.3 Å². The van der Waals surface area contributed by atoms with Crippen LogP contribution in [0.1, 0.15) is 36.2 Å². The number of anilines is 1. The average Bonchev–Trinajstić information content (AvgIpc) is 2.80. The molecular weight excluding hydrogens is 495 g/mol. The Hall–Kier alpha value is -2.72. The second-order valence-electron chi connectivity index (χ2n) is 8.09. The number of halogens is 3. The normalized spacial score (nSPS) is 14.6. The van der Waals surface area contributed by atoms with Crippen molar-refractivity contribution in [1.82, 2.24) is 9.47 Å². The number of hydrogen-bond acceptors (Lipinski definition) is 4. The first-order valence-electron chi connectivity index (χ1n) is 10.8. The van der Waals surface area contributed by atoms with Gasteiger partial charge in [0, 0.05) is 60.3 Å². The van der Waals surface area contributed by atoms with Gasteiger partial charge in [0.05, 0.1) is 15.7 Å². The van der Waals surface area contributed by atoms with E-state index in [1.807, 2.05) is 18.7 Å². The Morgan fingerprint density at radius 2 is 1.82 bits per heavy atom. The summed E-state index contributed by atoms with van der Waals surface area (Å²) in [5.74, 6) is -0.153. The molecule has 0 N–H and O–H groups in total. The molecule has 1 aromatic carbocycles. The second-order valence-corrected chi connectivity index (χ2v) is 9.44. The van der Waals surface area contributed by atoms with E-state index in [1.165, 1.54) is 4.57 Å². The molecule has 2 aromatic rings.